The fourth-order valence-electron chi connectivity index (χ4n) is 5.45. The number of aromatic nitrogens is 2. The highest BCUT2D eigenvalue weighted by Gasteiger charge is 2.38. The molecule has 0 unspecified atom stereocenters. The second kappa shape index (κ2) is 13.6. The summed E-state index contributed by atoms with van der Waals surface area (Å²) < 4.78 is 47.1. The number of piperazine rings is 1. The number of carbonyl (C=O) groups is 2. The minimum atomic E-state index is -4.74. The smallest absolute Gasteiger partial charge is 0.417 e. The van der Waals surface area contributed by atoms with Crippen LogP contribution in [-0.4, -0.2) is 59.0 Å². The Labute approximate surface area is 263 Å². The van der Waals surface area contributed by atoms with E-state index in [2.05, 4.69) is 15.3 Å². The largest absolute Gasteiger partial charge is 0.478 e. The monoisotopic (exact) mass is 637 g/mol. The van der Waals surface area contributed by atoms with Gasteiger partial charge in [0.15, 0.2) is 0 Å². The summed E-state index contributed by atoms with van der Waals surface area (Å²) in [5, 5.41) is 2.83. The molecule has 1 saturated heterocycles. The van der Waals surface area contributed by atoms with Gasteiger partial charge in [-0.1, -0.05) is 24.6 Å². The van der Waals surface area contributed by atoms with Gasteiger partial charge in [-0.25, -0.2) is 4.98 Å². The molecule has 2 aromatic heterocycles. The molecule has 234 valence electrons. The number of halogens is 4. The second-order valence-electron chi connectivity index (χ2n) is 10.4. The van der Waals surface area contributed by atoms with Gasteiger partial charge in [-0.3, -0.25) is 14.6 Å². The van der Waals surface area contributed by atoms with Crippen molar-refractivity contribution in [2.75, 3.05) is 36.5 Å². The molecular formula is C33H31ClF3N5O3. The molecule has 0 bridgehead atoms. The first kappa shape index (κ1) is 31.8. The van der Waals surface area contributed by atoms with Crippen LogP contribution in [0.3, 0.4) is 0 Å². The first-order valence-corrected chi connectivity index (χ1v) is 14.8. The average molecular weight is 638 g/mol. The number of rotatable bonds is 8. The third-order valence-corrected chi connectivity index (χ3v) is 7.85. The summed E-state index contributed by atoms with van der Waals surface area (Å²) >= 11 is 5.83. The van der Waals surface area contributed by atoms with E-state index < -0.39 is 23.2 Å². The Morgan fingerprint density at radius 3 is 2.49 bits per heavy atom. The molecule has 5 rings (SSSR count). The van der Waals surface area contributed by atoms with E-state index in [0.717, 1.165) is 23.3 Å². The molecule has 4 aromatic rings. The van der Waals surface area contributed by atoms with Gasteiger partial charge < -0.3 is 19.9 Å². The summed E-state index contributed by atoms with van der Waals surface area (Å²) in [5.74, 6) is -0.639. The summed E-state index contributed by atoms with van der Waals surface area (Å²) in [6, 6.07) is 15.4. The van der Waals surface area contributed by atoms with Crippen LogP contribution in [-0.2, 0) is 6.18 Å². The summed E-state index contributed by atoms with van der Waals surface area (Å²) in [4.78, 5) is 39.0. The highest BCUT2D eigenvalue weighted by Crippen LogP contribution is 2.37. The zero-order chi connectivity index (χ0) is 32.1. The number of nitrogens with zero attached hydrogens (tertiary/aromatic N) is 4. The van der Waals surface area contributed by atoms with Crippen molar-refractivity contribution in [3.05, 3.63) is 101 Å². The molecule has 2 amide bonds. The van der Waals surface area contributed by atoms with Crippen LogP contribution in [0.5, 0.6) is 5.88 Å². The Bertz CT molecular complexity index is 1690. The Morgan fingerprint density at radius 2 is 1.78 bits per heavy atom. The van der Waals surface area contributed by atoms with E-state index in [1.807, 2.05) is 36.9 Å². The lowest BCUT2D eigenvalue weighted by Gasteiger charge is -2.43. The fourth-order valence-corrected chi connectivity index (χ4v) is 5.62. The highest BCUT2D eigenvalue weighted by molar-refractivity contribution is 6.30. The minimum absolute atomic E-state index is 0.101. The van der Waals surface area contributed by atoms with Crippen LogP contribution in [0, 0.1) is 0 Å². The molecule has 3 heterocycles. The van der Waals surface area contributed by atoms with Gasteiger partial charge in [-0.2, -0.15) is 13.2 Å². The number of anilines is 2. The van der Waals surface area contributed by atoms with Gasteiger partial charge in [-0.15, -0.1) is 0 Å². The predicted molar refractivity (Wildman–Crippen MR) is 167 cm³/mol. The van der Waals surface area contributed by atoms with Gasteiger partial charge in [0, 0.05) is 66.2 Å². The third-order valence-electron chi connectivity index (χ3n) is 7.61. The van der Waals surface area contributed by atoms with Gasteiger partial charge in [0.2, 0.25) is 5.88 Å². The second-order valence-corrected chi connectivity index (χ2v) is 10.8. The molecule has 0 spiro atoms. The molecule has 0 aliphatic carbocycles. The molecule has 2 aromatic carbocycles. The van der Waals surface area contributed by atoms with E-state index in [9.17, 15) is 22.8 Å². The number of benzene rings is 2. The van der Waals surface area contributed by atoms with Gasteiger partial charge >= 0.3 is 6.18 Å². The maximum Gasteiger partial charge on any atom is 0.417 e. The number of alkyl halides is 3. The van der Waals surface area contributed by atoms with Crippen LogP contribution < -0.4 is 15.0 Å². The molecule has 1 aliphatic heterocycles. The number of amides is 2. The quantitative estimate of drug-likeness (QED) is 0.220. The van der Waals surface area contributed by atoms with Crippen LogP contribution in [0.25, 0.3) is 11.1 Å². The summed E-state index contributed by atoms with van der Waals surface area (Å²) in [6.45, 7) is 4.83. The number of hydrogen-bond acceptors (Lipinski definition) is 6. The Balaban J connectivity index is 1.49. The normalized spacial score (nSPS) is 15.1. The summed E-state index contributed by atoms with van der Waals surface area (Å²) in [7, 11) is 0. The molecule has 8 nitrogen and oxygen atoms in total. The van der Waals surface area contributed by atoms with Crippen molar-refractivity contribution in [3.8, 4) is 17.0 Å². The van der Waals surface area contributed by atoms with E-state index in [1.54, 1.807) is 42.9 Å². The Hall–Kier alpha value is -4.64. The van der Waals surface area contributed by atoms with Crippen LogP contribution >= 0.6 is 11.6 Å². The molecule has 12 heteroatoms. The lowest BCUT2D eigenvalue weighted by atomic mass is 9.98. The van der Waals surface area contributed by atoms with Gasteiger partial charge in [0.05, 0.1) is 23.3 Å². The van der Waals surface area contributed by atoms with Crippen molar-refractivity contribution in [1.29, 1.82) is 0 Å². The molecule has 1 aliphatic rings. The standard InChI is InChI=1S/C33H31ClF3N5O3/c1-3-24-20-41(32(44)26-9-8-22(34)19-28(26)33(35,36)37)16-17-42(24)29-10-7-21(25-6-5-13-39-31(25)45-4-2)18-27(29)30(43)40-23-11-14-38-15-12-23/h5-15,18-19,24H,3-4,16-17,20H2,1-2H3,(H,38,40,43)/t24-/m1/s1. The predicted octanol–water partition coefficient (Wildman–Crippen LogP) is 7.21. The fraction of sp³-hybridized carbons (Fsp3) is 0.273. The molecule has 1 fully saturated rings. The van der Waals surface area contributed by atoms with Crippen LogP contribution in [0.4, 0.5) is 24.5 Å². The van der Waals surface area contributed by atoms with Crippen molar-refractivity contribution in [2.24, 2.45) is 0 Å². The first-order chi connectivity index (χ1) is 21.6. The molecule has 0 radical (unpaired) electrons. The number of pyridine rings is 2. The van der Waals surface area contributed by atoms with Gasteiger partial charge in [-0.05, 0) is 73.5 Å². The number of carbonyl (C=O) groups excluding carboxylic acids is 2. The SMILES string of the molecule is CCOc1ncccc1-c1ccc(N2CCN(C(=O)c3ccc(Cl)cc3C(F)(F)F)C[C@H]2CC)c(C(=O)Nc2ccncc2)c1. The van der Waals surface area contributed by atoms with Crippen molar-refractivity contribution < 1.29 is 27.5 Å². The maximum absolute atomic E-state index is 13.8. The molecule has 1 atom stereocenters. The lowest BCUT2D eigenvalue weighted by Crippen LogP contribution is -2.55. The maximum atomic E-state index is 13.8. The van der Waals surface area contributed by atoms with Crippen LogP contribution in [0.1, 0.15) is 46.5 Å². The molecular weight excluding hydrogens is 607 g/mol. The van der Waals surface area contributed by atoms with Gasteiger partial charge in [0.1, 0.15) is 0 Å². The van der Waals surface area contributed by atoms with Crippen molar-refractivity contribution in [3.63, 3.8) is 0 Å². The first-order valence-electron chi connectivity index (χ1n) is 14.5. The number of ether oxygens (including phenoxy) is 1. The van der Waals surface area contributed by atoms with Crippen molar-refractivity contribution in [1.82, 2.24) is 14.9 Å². The lowest BCUT2D eigenvalue weighted by molar-refractivity contribution is -0.138. The highest BCUT2D eigenvalue weighted by atomic mass is 35.5. The van der Waals surface area contributed by atoms with Crippen molar-refractivity contribution in [2.45, 2.75) is 32.5 Å². The zero-order valence-electron chi connectivity index (χ0n) is 24.6. The molecule has 45 heavy (non-hydrogen) atoms. The summed E-state index contributed by atoms with van der Waals surface area (Å²) in [6.07, 6.45) is 0.613. The Morgan fingerprint density at radius 1 is 1.00 bits per heavy atom. The zero-order valence-corrected chi connectivity index (χ0v) is 25.4. The Kier molecular flexibility index (Phi) is 9.57. The summed E-state index contributed by atoms with van der Waals surface area (Å²) in [5.41, 5.74) is 1.50. The van der Waals surface area contributed by atoms with Crippen molar-refractivity contribution >= 4 is 34.8 Å². The van der Waals surface area contributed by atoms with E-state index in [1.165, 1.54) is 11.0 Å². The third kappa shape index (κ3) is 7.04. The van der Waals surface area contributed by atoms with Crippen LogP contribution in [0.2, 0.25) is 5.02 Å². The van der Waals surface area contributed by atoms with E-state index in [-0.39, 0.29) is 30.1 Å². The van der Waals surface area contributed by atoms with Crippen LogP contribution in [0.15, 0.2) is 79.3 Å². The minimum Gasteiger partial charge on any atom is -0.478 e. The molecule has 1 N–H and O–H groups in total. The molecule has 0 saturated carbocycles. The average Bonchev–Trinajstić information content (AvgIpc) is 3.04. The van der Waals surface area contributed by atoms with Gasteiger partial charge in [0.25, 0.3) is 11.8 Å². The van der Waals surface area contributed by atoms with E-state index in [4.69, 9.17) is 16.3 Å². The van der Waals surface area contributed by atoms with E-state index >= 15 is 0 Å². The topological polar surface area (TPSA) is 87.7 Å². The van der Waals surface area contributed by atoms with E-state index in [0.29, 0.717) is 42.4 Å². The number of nitrogens with one attached hydrogen (secondary N) is 1. The number of hydrogen-bond donors (Lipinski definition) is 1.